The Hall–Kier alpha value is -2.75. The normalized spacial score (nSPS) is 16.3. The molecular weight excluding hydrogens is 346 g/mol. The van der Waals surface area contributed by atoms with Gasteiger partial charge in [0.1, 0.15) is 5.52 Å². The molecule has 4 rings (SSSR count). The van der Waals surface area contributed by atoms with Crippen LogP contribution in [0.3, 0.4) is 0 Å². The van der Waals surface area contributed by atoms with Gasteiger partial charge < -0.3 is 21.3 Å². The van der Waals surface area contributed by atoms with Crippen LogP contribution in [-0.4, -0.2) is 36.8 Å². The highest BCUT2D eigenvalue weighted by molar-refractivity contribution is 5.97. The van der Waals surface area contributed by atoms with Crippen molar-refractivity contribution >= 4 is 22.5 Å². The third-order valence-corrected chi connectivity index (χ3v) is 4.37. The van der Waals surface area contributed by atoms with Crippen LogP contribution in [-0.2, 0) is 6.42 Å². The molecule has 0 saturated heterocycles. The van der Waals surface area contributed by atoms with E-state index >= 15 is 0 Å². The maximum atomic E-state index is 13.3. The molecule has 26 heavy (non-hydrogen) atoms. The standard InChI is InChI=1S/C16H18F2N6O2/c1-16(17,18)26-13-10(25)5-4-8-12(13)22-15(20)24-14(8)21-11(23-24)6-9(19)7-2-3-7/h4-5,7,9,25H,2-3,6,19H2,1H3,(H2,20,22)/t9-/m1/s1. The number of fused-ring (bicyclic) bond motifs is 3. The lowest BCUT2D eigenvalue weighted by atomic mass is 10.1. The quantitative estimate of drug-likeness (QED) is 0.631. The van der Waals surface area contributed by atoms with Gasteiger partial charge in [-0.05, 0) is 30.9 Å². The predicted molar refractivity (Wildman–Crippen MR) is 90.0 cm³/mol. The molecule has 1 aromatic carbocycles. The molecule has 1 atom stereocenters. The minimum absolute atomic E-state index is 0.0121. The second-order valence-corrected chi connectivity index (χ2v) is 6.66. The number of hydrogen-bond acceptors (Lipinski definition) is 7. The average Bonchev–Trinajstić information content (AvgIpc) is 3.30. The van der Waals surface area contributed by atoms with Gasteiger partial charge in [-0.3, -0.25) is 0 Å². The van der Waals surface area contributed by atoms with E-state index < -0.39 is 17.6 Å². The number of anilines is 1. The smallest absolute Gasteiger partial charge is 0.395 e. The van der Waals surface area contributed by atoms with Gasteiger partial charge >= 0.3 is 6.11 Å². The van der Waals surface area contributed by atoms with E-state index in [1.807, 2.05) is 0 Å². The number of nitrogen functional groups attached to an aromatic ring is 1. The van der Waals surface area contributed by atoms with Crippen LogP contribution in [0.25, 0.3) is 16.6 Å². The van der Waals surface area contributed by atoms with E-state index in [1.165, 1.54) is 16.6 Å². The largest absolute Gasteiger partial charge is 0.504 e. The summed E-state index contributed by atoms with van der Waals surface area (Å²) in [4.78, 5) is 8.52. The van der Waals surface area contributed by atoms with Crippen LogP contribution in [0.4, 0.5) is 14.7 Å². The summed E-state index contributed by atoms with van der Waals surface area (Å²) < 4.78 is 32.6. The lowest BCUT2D eigenvalue weighted by Gasteiger charge is -2.15. The number of phenolic OH excluding ortho intramolecular Hbond substituents is 1. The number of rotatable bonds is 5. The zero-order valence-electron chi connectivity index (χ0n) is 14.0. The van der Waals surface area contributed by atoms with E-state index in [0.29, 0.717) is 36.1 Å². The number of aromatic hydroxyl groups is 1. The maximum Gasteiger partial charge on any atom is 0.395 e. The van der Waals surface area contributed by atoms with Gasteiger partial charge in [0, 0.05) is 24.8 Å². The fraction of sp³-hybridized carbons (Fsp3) is 0.438. The molecule has 0 unspecified atom stereocenters. The summed E-state index contributed by atoms with van der Waals surface area (Å²) in [6.07, 6.45) is -0.801. The minimum atomic E-state index is -3.50. The highest BCUT2D eigenvalue weighted by Crippen LogP contribution is 2.38. The van der Waals surface area contributed by atoms with Gasteiger partial charge in [0.2, 0.25) is 5.95 Å². The van der Waals surface area contributed by atoms with E-state index in [9.17, 15) is 13.9 Å². The molecule has 10 heteroatoms. The summed E-state index contributed by atoms with van der Waals surface area (Å²) in [5.74, 6) is 0.00893. The molecule has 0 aliphatic heterocycles. The van der Waals surface area contributed by atoms with Crippen molar-refractivity contribution in [2.75, 3.05) is 5.73 Å². The van der Waals surface area contributed by atoms with Crippen molar-refractivity contribution in [2.45, 2.75) is 38.3 Å². The lowest BCUT2D eigenvalue weighted by Crippen LogP contribution is -2.25. The number of phenols is 1. The van der Waals surface area contributed by atoms with Crippen LogP contribution in [0.1, 0.15) is 25.6 Å². The molecule has 5 N–H and O–H groups in total. The SMILES string of the molecule is CC(F)(F)Oc1c(O)ccc2c1nc(N)n1nc(C[C@@H](N)C3CC3)nc21. The molecule has 8 nitrogen and oxygen atoms in total. The van der Waals surface area contributed by atoms with E-state index in [1.54, 1.807) is 0 Å². The van der Waals surface area contributed by atoms with Gasteiger partial charge in [0.25, 0.3) is 0 Å². The predicted octanol–water partition coefficient (Wildman–Crippen LogP) is 1.84. The van der Waals surface area contributed by atoms with Crippen LogP contribution in [0.5, 0.6) is 11.5 Å². The zero-order valence-corrected chi connectivity index (χ0v) is 14.0. The minimum Gasteiger partial charge on any atom is -0.504 e. The molecular formula is C16H18F2N6O2. The molecule has 0 bridgehead atoms. The van der Waals surface area contributed by atoms with Gasteiger partial charge in [0.05, 0.1) is 0 Å². The molecule has 1 aliphatic rings. The molecule has 0 amide bonds. The van der Waals surface area contributed by atoms with Crippen molar-refractivity contribution < 1.29 is 18.6 Å². The summed E-state index contributed by atoms with van der Waals surface area (Å²) in [5.41, 5.74) is 12.4. The molecule has 138 valence electrons. The first-order valence-corrected chi connectivity index (χ1v) is 8.22. The summed E-state index contributed by atoms with van der Waals surface area (Å²) in [7, 11) is 0. The number of nitrogens with two attached hydrogens (primary N) is 2. The molecule has 1 fully saturated rings. The Balaban J connectivity index is 1.86. The highest BCUT2D eigenvalue weighted by atomic mass is 19.3. The number of hydrogen-bond donors (Lipinski definition) is 3. The van der Waals surface area contributed by atoms with Crippen molar-refractivity contribution in [3.8, 4) is 11.5 Å². The number of alkyl halides is 2. The maximum absolute atomic E-state index is 13.3. The van der Waals surface area contributed by atoms with E-state index in [-0.39, 0.29) is 17.5 Å². The number of ether oxygens (including phenoxy) is 1. The summed E-state index contributed by atoms with van der Waals surface area (Å²) in [6.45, 7) is 0.571. The highest BCUT2D eigenvalue weighted by Gasteiger charge is 2.30. The van der Waals surface area contributed by atoms with Gasteiger partial charge in [-0.25, -0.2) is 9.97 Å². The van der Waals surface area contributed by atoms with Crippen LogP contribution < -0.4 is 16.2 Å². The van der Waals surface area contributed by atoms with Gasteiger partial charge in [-0.1, -0.05) is 0 Å². The molecule has 2 aromatic heterocycles. The second-order valence-electron chi connectivity index (χ2n) is 6.66. The Morgan fingerprint density at radius 1 is 1.38 bits per heavy atom. The number of aromatic nitrogens is 4. The Morgan fingerprint density at radius 2 is 2.12 bits per heavy atom. The molecule has 3 aromatic rings. The van der Waals surface area contributed by atoms with Crippen LogP contribution in [0.15, 0.2) is 12.1 Å². The first-order chi connectivity index (χ1) is 12.2. The average molecular weight is 364 g/mol. The Morgan fingerprint density at radius 3 is 2.77 bits per heavy atom. The van der Waals surface area contributed by atoms with E-state index in [2.05, 4.69) is 19.8 Å². The van der Waals surface area contributed by atoms with Gasteiger partial charge in [-0.15, -0.1) is 5.10 Å². The second kappa shape index (κ2) is 5.63. The van der Waals surface area contributed by atoms with E-state index in [0.717, 1.165) is 12.8 Å². The third kappa shape index (κ3) is 2.96. The van der Waals surface area contributed by atoms with Crippen molar-refractivity contribution in [1.29, 1.82) is 0 Å². The molecule has 1 aliphatic carbocycles. The first-order valence-electron chi connectivity index (χ1n) is 8.22. The van der Waals surface area contributed by atoms with Crippen molar-refractivity contribution in [3.63, 3.8) is 0 Å². The summed E-state index contributed by atoms with van der Waals surface area (Å²) in [5, 5.41) is 14.6. The van der Waals surface area contributed by atoms with Gasteiger partial charge in [-0.2, -0.15) is 13.3 Å². The fourth-order valence-electron chi connectivity index (χ4n) is 2.97. The lowest BCUT2D eigenvalue weighted by molar-refractivity contribution is -0.159. The van der Waals surface area contributed by atoms with Crippen molar-refractivity contribution in [3.05, 3.63) is 18.0 Å². The first kappa shape index (κ1) is 16.7. The van der Waals surface area contributed by atoms with Crippen LogP contribution >= 0.6 is 0 Å². The van der Waals surface area contributed by atoms with Crippen molar-refractivity contribution in [2.24, 2.45) is 11.7 Å². The number of nitrogens with zero attached hydrogens (tertiary/aromatic N) is 4. The topological polar surface area (TPSA) is 125 Å². The fourth-order valence-corrected chi connectivity index (χ4v) is 2.97. The molecule has 0 radical (unpaired) electrons. The Labute approximate surface area is 146 Å². The van der Waals surface area contributed by atoms with Gasteiger partial charge in [0.15, 0.2) is 23.0 Å². The number of benzene rings is 1. The molecule has 2 heterocycles. The van der Waals surface area contributed by atoms with Crippen molar-refractivity contribution in [1.82, 2.24) is 19.6 Å². The monoisotopic (exact) mass is 364 g/mol. The summed E-state index contributed by atoms with van der Waals surface area (Å²) in [6, 6.07) is 2.72. The molecule has 0 spiro atoms. The number of halogens is 2. The van der Waals surface area contributed by atoms with Crippen LogP contribution in [0.2, 0.25) is 0 Å². The molecule has 1 saturated carbocycles. The van der Waals surface area contributed by atoms with Crippen LogP contribution in [0, 0.1) is 5.92 Å². The Bertz CT molecular complexity index is 996. The third-order valence-electron chi connectivity index (χ3n) is 4.37. The summed E-state index contributed by atoms with van der Waals surface area (Å²) >= 11 is 0. The zero-order chi connectivity index (χ0) is 18.6. The Kier molecular flexibility index (Phi) is 3.62. The van der Waals surface area contributed by atoms with E-state index in [4.69, 9.17) is 11.5 Å².